The molecule has 17 heavy (non-hydrogen) atoms. The van der Waals surface area contributed by atoms with Crippen molar-refractivity contribution in [3.63, 3.8) is 0 Å². The highest BCUT2D eigenvalue weighted by Gasteiger charge is 2.09. The van der Waals surface area contributed by atoms with Crippen LogP contribution in [-0.2, 0) is 0 Å². The van der Waals surface area contributed by atoms with E-state index in [1.807, 2.05) is 19.2 Å². The first-order chi connectivity index (χ1) is 8.18. The molecule has 0 unspecified atom stereocenters. The lowest BCUT2D eigenvalue weighted by molar-refractivity contribution is 0.0690. The van der Waals surface area contributed by atoms with Crippen LogP contribution in [0.4, 0.5) is 11.5 Å². The number of aromatic carboxylic acids is 1. The Bertz CT molecular complexity index is 528. The maximum absolute atomic E-state index is 10.8. The molecule has 2 heterocycles. The second kappa shape index (κ2) is 4.61. The van der Waals surface area contributed by atoms with Crippen molar-refractivity contribution in [3.8, 4) is 0 Å². The minimum absolute atomic E-state index is 0.0261. The zero-order valence-corrected chi connectivity index (χ0v) is 9.24. The molecule has 1 N–H and O–H groups in total. The molecule has 2 rings (SSSR count). The molecule has 0 spiro atoms. The molecule has 0 radical (unpaired) electrons. The van der Waals surface area contributed by atoms with Gasteiger partial charge < -0.3 is 10.0 Å². The van der Waals surface area contributed by atoms with E-state index in [2.05, 4.69) is 9.97 Å². The third kappa shape index (κ3) is 2.39. The summed E-state index contributed by atoms with van der Waals surface area (Å²) in [6.07, 6.45) is 3.37. The van der Waals surface area contributed by atoms with E-state index in [1.165, 1.54) is 6.07 Å². The molecule has 0 aromatic carbocycles. The van der Waals surface area contributed by atoms with E-state index in [0.29, 0.717) is 5.82 Å². The third-order valence-corrected chi connectivity index (χ3v) is 2.33. The number of hydrogen-bond donors (Lipinski definition) is 1. The van der Waals surface area contributed by atoms with Gasteiger partial charge in [-0.15, -0.1) is 0 Å². The van der Waals surface area contributed by atoms with Crippen LogP contribution in [0.25, 0.3) is 0 Å². The van der Waals surface area contributed by atoms with Gasteiger partial charge in [0.25, 0.3) is 0 Å². The van der Waals surface area contributed by atoms with Crippen LogP contribution in [0, 0.1) is 0 Å². The largest absolute Gasteiger partial charge is 0.477 e. The minimum Gasteiger partial charge on any atom is -0.477 e. The Morgan fingerprint density at radius 2 is 2.12 bits per heavy atom. The van der Waals surface area contributed by atoms with Gasteiger partial charge in [0.1, 0.15) is 5.82 Å². The van der Waals surface area contributed by atoms with Gasteiger partial charge in [0.15, 0.2) is 5.69 Å². The molecule has 5 nitrogen and oxygen atoms in total. The summed E-state index contributed by atoms with van der Waals surface area (Å²) in [6.45, 7) is 0. The average Bonchev–Trinajstić information content (AvgIpc) is 2.39. The van der Waals surface area contributed by atoms with Gasteiger partial charge in [-0.1, -0.05) is 6.07 Å². The molecule has 2 aromatic rings. The average molecular weight is 229 g/mol. The molecule has 0 saturated heterocycles. The van der Waals surface area contributed by atoms with Gasteiger partial charge >= 0.3 is 5.97 Å². The van der Waals surface area contributed by atoms with Gasteiger partial charge in [-0.25, -0.2) is 9.78 Å². The lowest BCUT2D eigenvalue weighted by Crippen LogP contribution is -2.13. The van der Waals surface area contributed by atoms with Crippen LogP contribution >= 0.6 is 0 Å². The number of carboxylic acids is 1. The summed E-state index contributed by atoms with van der Waals surface area (Å²) in [5.74, 6) is -0.468. The standard InChI is InChI=1S/C12H11N3O2/c1-15(9-4-3-7-13-8-9)11-6-2-5-10(14-11)12(16)17/h2-8H,1H3,(H,16,17). The molecule has 5 heteroatoms. The van der Waals surface area contributed by atoms with Crippen LogP contribution in [0.1, 0.15) is 10.5 Å². The number of hydrogen-bond acceptors (Lipinski definition) is 4. The Labute approximate surface area is 98.4 Å². The lowest BCUT2D eigenvalue weighted by atomic mass is 10.3. The van der Waals surface area contributed by atoms with Gasteiger partial charge in [0, 0.05) is 13.2 Å². The molecule has 0 fully saturated rings. The van der Waals surface area contributed by atoms with Gasteiger partial charge in [-0.3, -0.25) is 4.98 Å². The maximum atomic E-state index is 10.8. The topological polar surface area (TPSA) is 66.3 Å². The number of nitrogens with zero attached hydrogens (tertiary/aromatic N) is 3. The van der Waals surface area contributed by atoms with Crippen LogP contribution in [-0.4, -0.2) is 28.1 Å². The highest BCUT2D eigenvalue weighted by atomic mass is 16.4. The highest BCUT2D eigenvalue weighted by Crippen LogP contribution is 2.20. The first-order valence-corrected chi connectivity index (χ1v) is 5.02. The number of carbonyl (C=O) groups is 1. The number of rotatable bonds is 3. The van der Waals surface area contributed by atoms with Crippen LogP contribution in [0.3, 0.4) is 0 Å². The normalized spacial score (nSPS) is 9.94. The van der Waals surface area contributed by atoms with Crippen LogP contribution < -0.4 is 4.90 Å². The number of anilines is 2. The van der Waals surface area contributed by atoms with Gasteiger partial charge in [0.2, 0.25) is 0 Å². The van der Waals surface area contributed by atoms with Crippen molar-refractivity contribution >= 4 is 17.5 Å². The predicted octanol–water partition coefficient (Wildman–Crippen LogP) is 1.94. The fourth-order valence-electron chi connectivity index (χ4n) is 1.41. The Hall–Kier alpha value is -2.43. The SMILES string of the molecule is CN(c1cccnc1)c1cccc(C(=O)O)n1. The smallest absolute Gasteiger partial charge is 0.354 e. The van der Waals surface area contributed by atoms with E-state index in [-0.39, 0.29) is 5.69 Å². The van der Waals surface area contributed by atoms with Gasteiger partial charge in [-0.2, -0.15) is 0 Å². The molecular weight excluding hydrogens is 218 g/mol. The van der Waals surface area contributed by atoms with Crippen LogP contribution in [0.2, 0.25) is 0 Å². The molecule has 0 aliphatic carbocycles. The van der Waals surface area contributed by atoms with Crippen molar-refractivity contribution in [2.45, 2.75) is 0 Å². The monoisotopic (exact) mass is 229 g/mol. The van der Waals surface area contributed by atoms with Crippen molar-refractivity contribution in [2.24, 2.45) is 0 Å². The molecule has 0 saturated carbocycles. The summed E-state index contributed by atoms with van der Waals surface area (Å²) < 4.78 is 0. The van der Waals surface area contributed by atoms with Crippen LogP contribution in [0.15, 0.2) is 42.7 Å². The number of aromatic nitrogens is 2. The summed E-state index contributed by atoms with van der Waals surface area (Å²) in [5.41, 5.74) is 0.876. The summed E-state index contributed by atoms with van der Waals surface area (Å²) in [7, 11) is 1.81. The predicted molar refractivity (Wildman–Crippen MR) is 63.5 cm³/mol. The van der Waals surface area contributed by atoms with Gasteiger partial charge in [-0.05, 0) is 24.3 Å². The zero-order chi connectivity index (χ0) is 12.3. The second-order valence-electron chi connectivity index (χ2n) is 3.46. The second-order valence-corrected chi connectivity index (χ2v) is 3.46. The minimum atomic E-state index is -1.04. The highest BCUT2D eigenvalue weighted by molar-refractivity contribution is 5.85. The Kier molecular flexibility index (Phi) is 3.00. The summed E-state index contributed by atoms with van der Waals surface area (Å²) in [4.78, 5) is 20.6. The first-order valence-electron chi connectivity index (χ1n) is 5.02. The quantitative estimate of drug-likeness (QED) is 0.871. The molecule has 86 valence electrons. The molecular formula is C12H11N3O2. The molecule has 2 aromatic heterocycles. The molecule has 0 amide bonds. The molecule has 0 bridgehead atoms. The third-order valence-electron chi connectivity index (χ3n) is 2.33. The van der Waals surface area contributed by atoms with Crippen molar-refractivity contribution in [1.82, 2.24) is 9.97 Å². The van der Waals surface area contributed by atoms with E-state index in [9.17, 15) is 4.79 Å². The van der Waals surface area contributed by atoms with Crippen LogP contribution in [0.5, 0.6) is 0 Å². The molecule has 0 aliphatic heterocycles. The van der Waals surface area contributed by atoms with E-state index >= 15 is 0 Å². The fourth-order valence-corrected chi connectivity index (χ4v) is 1.41. The molecule has 0 aliphatic rings. The Balaban J connectivity index is 2.34. The van der Waals surface area contributed by atoms with Gasteiger partial charge in [0.05, 0.1) is 11.9 Å². The van der Waals surface area contributed by atoms with Crippen molar-refractivity contribution in [2.75, 3.05) is 11.9 Å². The van der Waals surface area contributed by atoms with E-state index in [0.717, 1.165) is 5.69 Å². The lowest BCUT2D eigenvalue weighted by Gasteiger charge is -2.17. The maximum Gasteiger partial charge on any atom is 0.354 e. The van der Waals surface area contributed by atoms with E-state index in [4.69, 9.17) is 5.11 Å². The van der Waals surface area contributed by atoms with Crippen molar-refractivity contribution in [3.05, 3.63) is 48.4 Å². The van der Waals surface area contributed by atoms with Crippen molar-refractivity contribution < 1.29 is 9.90 Å². The van der Waals surface area contributed by atoms with Crippen molar-refractivity contribution in [1.29, 1.82) is 0 Å². The number of pyridine rings is 2. The Morgan fingerprint density at radius 3 is 2.76 bits per heavy atom. The van der Waals surface area contributed by atoms with E-state index < -0.39 is 5.97 Å². The van der Waals surface area contributed by atoms with E-state index in [1.54, 1.807) is 29.4 Å². The Morgan fingerprint density at radius 1 is 1.29 bits per heavy atom. The summed E-state index contributed by atoms with van der Waals surface area (Å²) in [5, 5.41) is 8.87. The summed E-state index contributed by atoms with van der Waals surface area (Å²) >= 11 is 0. The molecule has 0 atom stereocenters. The fraction of sp³-hybridized carbons (Fsp3) is 0.0833. The number of carboxylic acid groups (broad SMARTS) is 1. The summed E-state index contributed by atoms with van der Waals surface area (Å²) in [6, 6.07) is 8.57. The zero-order valence-electron chi connectivity index (χ0n) is 9.24. The first kappa shape index (κ1) is 11.1.